The number of anilines is 1. The van der Waals surface area contributed by atoms with Crippen molar-refractivity contribution in [1.82, 2.24) is 5.06 Å². The molecule has 1 aromatic rings. The molecule has 1 aliphatic rings. The normalized spacial score (nSPS) is 16.6. The highest BCUT2D eigenvalue weighted by Gasteiger charge is 2.31. The molecule has 1 aliphatic heterocycles. The number of hydrogen-bond donors (Lipinski definition) is 1. The molecule has 0 radical (unpaired) electrons. The molecule has 8 heteroatoms. The molecule has 1 saturated heterocycles. The number of carbonyl (C=O) groups excluding carboxylic acids is 1. The van der Waals surface area contributed by atoms with Gasteiger partial charge in [0.15, 0.2) is 0 Å². The highest BCUT2D eigenvalue weighted by atomic mass is 35.5. The Labute approximate surface area is 124 Å². The van der Waals surface area contributed by atoms with Crippen molar-refractivity contribution in [3.63, 3.8) is 0 Å². The van der Waals surface area contributed by atoms with Gasteiger partial charge in [-0.2, -0.15) is 13.2 Å². The minimum absolute atomic E-state index is 0.0126. The number of halogens is 4. The van der Waals surface area contributed by atoms with Gasteiger partial charge in [0.2, 0.25) is 0 Å². The first-order valence-corrected chi connectivity index (χ1v) is 6.85. The molecule has 1 N–H and O–H groups in total. The van der Waals surface area contributed by atoms with Crippen LogP contribution >= 0.6 is 11.6 Å². The Balaban J connectivity index is 2.02. The molecule has 0 unspecified atom stereocenters. The molecule has 0 spiro atoms. The lowest BCUT2D eigenvalue weighted by Crippen LogP contribution is -2.34. The summed E-state index contributed by atoms with van der Waals surface area (Å²) in [7, 11) is 0. The Kier molecular flexibility index (Phi) is 4.95. The van der Waals surface area contributed by atoms with Crippen LogP contribution in [0.25, 0.3) is 0 Å². The van der Waals surface area contributed by atoms with E-state index in [0.717, 1.165) is 37.5 Å². The first kappa shape index (κ1) is 15.9. The Morgan fingerprint density at radius 2 is 1.90 bits per heavy atom. The lowest BCUT2D eigenvalue weighted by molar-refractivity contribution is -0.137. The number of hydrogen-bond acceptors (Lipinski definition) is 3. The number of nitrogens with zero attached hydrogens (tertiary/aromatic N) is 1. The van der Waals surface area contributed by atoms with Gasteiger partial charge in [-0.15, -0.1) is 5.06 Å². The molecule has 1 amide bonds. The number of hydroxylamine groups is 2. The molecule has 2 rings (SSSR count). The highest BCUT2D eigenvalue weighted by Crippen LogP contribution is 2.33. The molecule has 4 nitrogen and oxygen atoms in total. The van der Waals surface area contributed by atoms with Crippen molar-refractivity contribution in [2.75, 3.05) is 18.4 Å². The van der Waals surface area contributed by atoms with Crippen LogP contribution in [0.1, 0.15) is 24.8 Å². The van der Waals surface area contributed by atoms with Crippen LogP contribution in [-0.2, 0) is 11.0 Å². The number of benzene rings is 1. The highest BCUT2D eigenvalue weighted by molar-refractivity contribution is 6.33. The number of alkyl halides is 3. The molecule has 0 aromatic heterocycles. The number of rotatable bonds is 2. The van der Waals surface area contributed by atoms with E-state index in [2.05, 4.69) is 5.32 Å². The number of amides is 1. The van der Waals surface area contributed by atoms with Gasteiger partial charge in [0.1, 0.15) is 0 Å². The summed E-state index contributed by atoms with van der Waals surface area (Å²) >= 11 is 5.78. The Bertz CT molecular complexity index is 517. The molecule has 0 aliphatic carbocycles. The third kappa shape index (κ3) is 4.50. The van der Waals surface area contributed by atoms with Crippen LogP contribution in [0.4, 0.5) is 23.7 Å². The zero-order chi connectivity index (χ0) is 15.5. The lowest BCUT2D eigenvalue weighted by Gasteiger charge is -2.24. The monoisotopic (exact) mass is 322 g/mol. The van der Waals surface area contributed by atoms with Crippen LogP contribution in [-0.4, -0.2) is 24.2 Å². The molecule has 0 bridgehead atoms. The maximum Gasteiger partial charge on any atom is 0.430 e. The van der Waals surface area contributed by atoms with E-state index < -0.39 is 17.8 Å². The van der Waals surface area contributed by atoms with Crippen molar-refractivity contribution in [3.05, 3.63) is 28.8 Å². The predicted octanol–water partition coefficient (Wildman–Crippen LogP) is 4.31. The minimum Gasteiger partial charge on any atom is -0.351 e. The molecule has 1 aromatic carbocycles. The largest absolute Gasteiger partial charge is 0.430 e. The van der Waals surface area contributed by atoms with E-state index >= 15 is 0 Å². The van der Waals surface area contributed by atoms with E-state index in [-0.39, 0.29) is 10.7 Å². The average molecular weight is 323 g/mol. The van der Waals surface area contributed by atoms with E-state index in [0.29, 0.717) is 13.1 Å². The van der Waals surface area contributed by atoms with Gasteiger partial charge < -0.3 is 4.84 Å². The smallest absolute Gasteiger partial charge is 0.351 e. The van der Waals surface area contributed by atoms with Crippen LogP contribution < -0.4 is 5.32 Å². The zero-order valence-corrected chi connectivity index (χ0v) is 11.8. The summed E-state index contributed by atoms with van der Waals surface area (Å²) in [5.74, 6) is 0. The zero-order valence-electron chi connectivity index (χ0n) is 11.0. The molecular formula is C13H14ClF3N2O2. The second kappa shape index (κ2) is 6.53. The molecule has 0 atom stereocenters. The van der Waals surface area contributed by atoms with Crippen LogP contribution in [0.2, 0.25) is 5.02 Å². The van der Waals surface area contributed by atoms with E-state index in [9.17, 15) is 18.0 Å². The van der Waals surface area contributed by atoms with Crippen molar-refractivity contribution in [1.29, 1.82) is 0 Å². The molecule has 1 heterocycles. The first-order chi connectivity index (χ1) is 9.86. The van der Waals surface area contributed by atoms with Crippen molar-refractivity contribution < 1.29 is 22.8 Å². The summed E-state index contributed by atoms with van der Waals surface area (Å²) in [5.41, 5.74) is -1.02. The summed E-state index contributed by atoms with van der Waals surface area (Å²) < 4.78 is 37.8. The van der Waals surface area contributed by atoms with E-state index in [1.54, 1.807) is 0 Å². The van der Waals surface area contributed by atoms with Crippen molar-refractivity contribution in [2.45, 2.75) is 25.4 Å². The van der Waals surface area contributed by atoms with Crippen molar-refractivity contribution in [2.24, 2.45) is 0 Å². The molecular weight excluding hydrogens is 309 g/mol. The number of piperidine rings is 1. The summed E-state index contributed by atoms with van der Waals surface area (Å²) in [6.07, 6.45) is -2.45. The second-order valence-electron chi connectivity index (χ2n) is 4.69. The van der Waals surface area contributed by atoms with Gasteiger partial charge in [0, 0.05) is 13.1 Å². The Hall–Kier alpha value is -1.47. The van der Waals surface area contributed by atoms with Gasteiger partial charge in [-0.1, -0.05) is 18.0 Å². The summed E-state index contributed by atoms with van der Waals surface area (Å²) in [4.78, 5) is 16.7. The molecule has 116 valence electrons. The van der Waals surface area contributed by atoms with Gasteiger partial charge in [-0.25, -0.2) is 4.79 Å². The van der Waals surface area contributed by atoms with Crippen molar-refractivity contribution >= 4 is 23.4 Å². The minimum atomic E-state index is -4.50. The fourth-order valence-corrected chi connectivity index (χ4v) is 2.17. The van der Waals surface area contributed by atoms with Crippen molar-refractivity contribution in [3.8, 4) is 0 Å². The summed E-state index contributed by atoms with van der Waals surface area (Å²) in [5, 5.41) is 3.73. The lowest BCUT2D eigenvalue weighted by atomic mass is 10.2. The van der Waals surface area contributed by atoms with Crippen LogP contribution in [0.15, 0.2) is 18.2 Å². The van der Waals surface area contributed by atoms with Gasteiger partial charge in [0.25, 0.3) is 0 Å². The third-order valence-corrected chi connectivity index (χ3v) is 3.39. The maximum absolute atomic E-state index is 12.6. The van der Waals surface area contributed by atoms with E-state index in [1.165, 1.54) is 5.06 Å². The number of carbonyl (C=O) groups is 1. The second-order valence-corrected chi connectivity index (χ2v) is 5.09. The van der Waals surface area contributed by atoms with Crippen LogP contribution in [0, 0.1) is 0 Å². The quantitative estimate of drug-likeness (QED) is 0.882. The average Bonchev–Trinajstić information content (AvgIpc) is 2.41. The van der Waals surface area contributed by atoms with Gasteiger partial charge in [-0.05, 0) is 31.0 Å². The third-order valence-electron chi connectivity index (χ3n) is 3.06. The summed E-state index contributed by atoms with van der Waals surface area (Å²) in [6.45, 7) is 1.23. The summed E-state index contributed by atoms with van der Waals surface area (Å²) in [6, 6.07) is 2.71. The molecule has 0 saturated carbocycles. The fourth-order valence-electron chi connectivity index (χ4n) is 2.00. The number of nitrogens with one attached hydrogen (secondary N) is 1. The topological polar surface area (TPSA) is 41.6 Å². The van der Waals surface area contributed by atoms with Gasteiger partial charge >= 0.3 is 12.3 Å². The van der Waals surface area contributed by atoms with Crippen LogP contribution in [0.5, 0.6) is 0 Å². The Morgan fingerprint density at radius 3 is 2.52 bits per heavy atom. The first-order valence-electron chi connectivity index (χ1n) is 6.47. The molecule has 1 fully saturated rings. The Morgan fingerprint density at radius 1 is 1.24 bits per heavy atom. The van der Waals surface area contributed by atoms with E-state index in [4.69, 9.17) is 16.4 Å². The van der Waals surface area contributed by atoms with E-state index in [1.807, 2.05) is 0 Å². The standard InChI is InChI=1S/C13H14ClF3N2O2/c14-10-5-4-9(13(15,16)17)8-11(10)18-12(20)21-19-6-2-1-3-7-19/h4-5,8H,1-3,6-7H2,(H,18,20). The molecule has 21 heavy (non-hydrogen) atoms. The SMILES string of the molecule is O=C(Nc1cc(C(F)(F)F)ccc1Cl)ON1CCCCC1. The maximum atomic E-state index is 12.6. The van der Waals surface area contributed by atoms with Crippen LogP contribution in [0.3, 0.4) is 0 Å². The fraction of sp³-hybridized carbons (Fsp3) is 0.462. The van der Waals surface area contributed by atoms with Gasteiger partial charge in [-0.3, -0.25) is 5.32 Å². The van der Waals surface area contributed by atoms with Gasteiger partial charge in [0.05, 0.1) is 16.3 Å². The predicted molar refractivity (Wildman–Crippen MR) is 72.0 cm³/mol.